The van der Waals surface area contributed by atoms with Gasteiger partial charge >= 0.3 is 0 Å². The third-order valence-electron chi connectivity index (χ3n) is 3.10. The van der Waals surface area contributed by atoms with Gasteiger partial charge in [-0.15, -0.1) is 0 Å². The molecule has 96 valence electrons. The number of aryl methyl sites for hydroxylation is 1. The Balaban J connectivity index is 1.99. The van der Waals surface area contributed by atoms with Crippen LogP contribution in [-0.4, -0.2) is 36.5 Å². The Morgan fingerprint density at radius 1 is 1.61 bits per heavy atom. The van der Waals surface area contributed by atoms with E-state index in [0.717, 1.165) is 18.7 Å². The fourth-order valence-corrected chi connectivity index (χ4v) is 1.96. The summed E-state index contributed by atoms with van der Waals surface area (Å²) in [6.45, 7) is 5.29. The molecule has 1 saturated heterocycles. The number of nitrogens with two attached hydrogens (primary N) is 1. The molecule has 0 atom stereocenters. The van der Waals surface area contributed by atoms with Gasteiger partial charge in [-0.1, -0.05) is 0 Å². The van der Waals surface area contributed by atoms with E-state index < -0.39 is 0 Å². The third kappa shape index (κ3) is 2.37. The lowest BCUT2D eigenvalue weighted by Crippen LogP contribution is -2.57. The van der Waals surface area contributed by atoms with E-state index in [9.17, 15) is 4.79 Å². The first-order valence-corrected chi connectivity index (χ1v) is 5.79. The largest absolute Gasteiger partial charge is 0.444 e. The van der Waals surface area contributed by atoms with E-state index in [1.807, 2.05) is 11.0 Å². The predicted molar refractivity (Wildman–Crippen MR) is 65.9 cm³/mol. The van der Waals surface area contributed by atoms with Crippen LogP contribution in [0.2, 0.25) is 0 Å². The number of nitrogens with one attached hydrogen (secondary N) is 1. The minimum atomic E-state index is -0.188. The van der Waals surface area contributed by atoms with Crippen LogP contribution in [0.1, 0.15) is 16.9 Å². The molecule has 0 aliphatic carbocycles. The molecule has 1 aliphatic heterocycles. The second-order valence-electron chi connectivity index (χ2n) is 4.60. The van der Waals surface area contributed by atoms with E-state index in [1.165, 1.54) is 0 Å². The van der Waals surface area contributed by atoms with Crippen molar-refractivity contribution >= 4 is 11.8 Å². The number of nitriles is 1. The zero-order chi connectivity index (χ0) is 13.3. The summed E-state index contributed by atoms with van der Waals surface area (Å²) in [5, 5.41) is 11.6. The standard InChI is InChI=1S/C12H16N4O2/c1-7-8(2)18-12(10(7)3-13)15-11(17)6-16-4-9(14)5-16/h9H,4-6,14H2,1-2H3,(H,15,17). The van der Waals surface area contributed by atoms with Crippen molar-refractivity contribution in [3.8, 4) is 6.07 Å². The van der Waals surface area contributed by atoms with Crippen LogP contribution in [0, 0.1) is 25.2 Å². The van der Waals surface area contributed by atoms with Gasteiger partial charge in [0.15, 0.2) is 0 Å². The maximum atomic E-state index is 11.7. The summed E-state index contributed by atoms with van der Waals surface area (Å²) in [6.07, 6.45) is 0. The van der Waals surface area contributed by atoms with Crippen molar-refractivity contribution in [3.05, 3.63) is 16.9 Å². The number of amides is 1. The highest BCUT2D eigenvalue weighted by Gasteiger charge is 2.25. The minimum absolute atomic E-state index is 0.167. The highest BCUT2D eigenvalue weighted by atomic mass is 16.4. The van der Waals surface area contributed by atoms with Gasteiger partial charge < -0.3 is 10.2 Å². The maximum absolute atomic E-state index is 11.7. The Bertz CT molecular complexity index is 509. The number of likely N-dealkylation sites (tertiary alicyclic amines) is 1. The first-order valence-electron chi connectivity index (χ1n) is 5.79. The van der Waals surface area contributed by atoms with Gasteiger partial charge in [-0.25, -0.2) is 0 Å². The molecule has 18 heavy (non-hydrogen) atoms. The van der Waals surface area contributed by atoms with E-state index in [0.29, 0.717) is 11.3 Å². The highest BCUT2D eigenvalue weighted by molar-refractivity contribution is 5.92. The second kappa shape index (κ2) is 4.80. The van der Waals surface area contributed by atoms with E-state index in [1.54, 1.807) is 13.8 Å². The van der Waals surface area contributed by atoms with E-state index in [-0.39, 0.29) is 24.4 Å². The third-order valence-corrected chi connectivity index (χ3v) is 3.10. The van der Waals surface area contributed by atoms with Crippen LogP contribution < -0.4 is 11.1 Å². The molecule has 1 fully saturated rings. The molecule has 6 nitrogen and oxygen atoms in total. The van der Waals surface area contributed by atoms with Crippen LogP contribution >= 0.6 is 0 Å². The normalized spacial score (nSPS) is 16.1. The van der Waals surface area contributed by atoms with Crippen molar-refractivity contribution in [2.24, 2.45) is 5.73 Å². The van der Waals surface area contributed by atoms with Crippen molar-refractivity contribution in [1.82, 2.24) is 4.90 Å². The van der Waals surface area contributed by atoms with Gasteiger partial charge in [0.1, 0.15) is 17.4 Å². The number of furan rings is 1. The van der Waals surface area contributed by atoms with Crippen molar-refractivity contribution in [3.63, 3.8) is 0 Å². The summed E-state index contributed by atoms with van der Waals surface area (Å²) in [5.74, 6) is 0.697. The molecule has 6 heteroatoms. The van der Waals surface area contributed by atoms with Crippen LogP contribution in [0.5, 0.6) is 0 Å². The number of hydrogen-bond donors (Lipinski definition) is 2. The second-order valence-corrected chi connectivity index (χ2v) is 4.60. The van der Waals surface area contributed by atoms with Crippen LogP contribution in [0.3, 0.4) is 0 Å². The molecule has 0 aromatic carbocycles. The van der Waals surface area contributed by atoms with E-state index in [2.05, 4.69) is 5.32 Å². The van der Waals surface area contributed by atoms with Gasteiger partial charge in [0.05, 0.1) is 6.54 Å². The molecule has 3 N–H and O–H groups in total. The smallest absolute Gasteiger partial charge is 0.240 e. The van der Waals surface area contributed by atoms with Gasteiger partial charge in [-0.3, -0.25) is 15.0 Å². The Labute approximate surface area is 105 Å². The zero-order valence-electron chi connectivity index (χ0n) is 10.5. The van der Waals surface area contributed by atoms with Crippen molar-refractivity contribution < 1.29 is 9.21 Å². The number of nitrogens with zero attached hydrogens (tertiary/aromatic N) is 2. The molecule has 1 aromatic heterocycles. The number of carbonyl (C=O) groups is 1. The van der Waals surface area contributed by atoms with Crippen LogP contribution in [-0.2, 0) is 4.79 Å². The maximum Gasteiger partial charge on any atom is 0.240 e. The van der Waals surface area contributed by atoms with Crippen LogP contribution in [0.15, 0.2) is 4.42 Å². The zero-order valence-corrected chi connectivity index (χ0v) is 10.5. The first kappa shape index (κ1) is 12.6. The lowest BCUT2D eigenvalue weighted by Gasteiger charge is -2.35. The van der Waals surface area contributed by atoms with E-state index >= 15 is 0 Å². The molecule has 1 aromatic rings. The van der Waals surface area contributed by atoms with E-state index in [4.69, 9.17) is 15.4 Å². The molecule has 2 rings (SSSR count). The summed E-state index contributed by atoms with van der Waals surface area (Å²) < 4.78 is 5.36. The minimum Gasteiger partial charge on any atom is -0.444 e. The Kier molecular flexibility index (Phi) is 3.36. The average molecular weight is 248 g/mol. The van der Waals surface area contributed by atoms with Gasteiger partial charge in [-0.2, -0.15) is 5.26 Å². The molecule has 0 unspecified atom stereocenters. The summed E-state index contributed by atoms with van der Waals surface area (Å²) in [6, 6.07) is 2.20. The van der Waals surface area contributed by atoms with Crippen LogP contribution in [0.4, 0.5) is 5.88 Å². The Morgan fingerprint density at radius 2 is 2.28 bits per heavy atom. The predicted octanol–water partition coefficient (Wildman–Crippen LogP) is 0.350. The highest BCUT2D eigenvalue weighted by Crippen LogP contribution is 2.25. The van der Waals surface area contributed by atoms with Crippen LogP contribution in [0.25, 0.3) is 0 Å². The van der Waals surface area contributed by atoms with Crippen molar-refractivity contribution in [2.75, 3.05) is 25.0 Å². The lowest BCUT2D eigenvalue weighted by atomic mass is 10.1. The fraction of sp³-hybridized carbons (Fsp3) is 0.500. The SMILES string of the molecule is Cc1oc(NC(=O)CN2CC(N)C2)c(C#N)c1C. The van der Waals surface area contributed by atoms with Crippen molar-refractivity contribution in [2.45, 2.75) is 19.9 Å². The summed E-state index contributed by atoms with van der Waals surface area (Å²) in [5.41, 5.74) is 6.78. The molecule has 2 heterocycles. The van der Waals surface area contributed by atoms with Gasteiger partial charge in [0.25, 0.3) is 0 Å². The number of carbonyl (C=O) groups excluding carboxylic acids is 1. The first-order chi connectivity index (χ1) is 8.51. The number of anilines is 1. The van der Waals surface area contributed by atoms with Crippen molar-refractivity contribution in [1.29, 1.82) is 5.26 Å². The molecular weight excluding hydrogens is 232 g/mol. The molecule has 0 spiro atoms. The molecule has 1 amide bonds. The molecule has 0 saturated carbocycles. The fourth-order valence-electron chi connectivity index (χ4n) is 1.96. The lowest BCUT2D eigenvalue weighted by molar-refractivity contribution is -0.118. The molecular formula is C12H16N4O2. The summed E-state index contributed by atoms with van der Waals surface area (Å²) in [4.78, 5) is 13.7. The Morgan fingerprint density at radius 3 is 2.83 bits per heavy atom. The monoisotopic (exact) mass is 248 g/mol. The van der Waals surface area contributed by atoms with Gasteiger partial charge in [0.2, 0.25) is 11.8 Å². The quantitative estimate of drug-likeness (QED) is 0.804. The molecule has 0 bridgehead atoms. The average Bonchev–Trinajstić information content (AvgIpc) is 2.52. The summed E-state index contributed by atoms with van der Waals surface area (Å²) in [7, 11) is 0. The number of rotatable bonds is 3. The van der Waals surface area contributed by atoms with Gasteiger partial charge in [-0.05, 0) is 13.8 Å². The van der Waals surface area contributed by atoms with Gasteiger partial charge in [0, 0.05) is 24.7 Å². The summed E-state index contributed by atoms with van der Waals surface area (Å²) >= 11 is 0. The topological polar surface area (TPSA) is 95.3 Å². The number of hydrogen-bond acceptors (Lipinski definition) is 5. The molecule has 0 radical (unpaired) electrons. The molecule has 1 aliphatic rings. The Hall–Kier alpha value is -1.84.